The maximum absolute atomic E-state index is 11.8. The molecule has 0 aliphatic heterocycles. The minimum Gasteiger partial charge on any atom is -0.456 e. The molecule has 1 heterocycles. The molecule has 0 aliphatic rings. The summed E-state index contributed by atoms with van der Waals surface area (Å²) in [6.45, 7) is -0.0463. The van der Waals surface area contributed by atoms with E-state index in [-0.39, 0.29) is 18.5 Å². The van der Waals surface area contributed by atoms with Gasteiger partial charge in [-0.1, -0.05) is 44.8 Å². The van der Waals surface area contributed by atoms with Crippen molar-refractivity contribution in [2.75, 3.05) is 5.75 Å². The number of carbonyl (C=O) groups excluding carboxylic acids is 1. The summed E-state index contributed by atoms with van der Waals surface area (Å²) in [6.07, 6.45) is 0.302. The predicted octanol–water partition coefficient (Wildman–Crippen LogP) is 5.38. The summed E-state index contributed by atoms with van der Waals surface area (Å²) in [5.74, 6) is 0.980. The lowest BCUT2D eigenvalue weighted by Crippen LogP contribution is -2.05. The summed E-state index contributed by atoms with van der Waals surface area (Å²) in [4.78, 5) is 17.1. The van der Waals surface area contributed by atoms with E-state index in [1.807, 2.05) is 30.3 Å². The van der Waals surface area contributed by atoms with Crippen molar-refractivity contribution in [1.29, 1.82) is 0 Å². The Labute approximate surface area is 168 Å². The number of halogens is 2. The fourth-order valence-electron chi connectivity index (χ4n) is 2.06. The lowest BCUT2D eigenvalue weighted by atomic mass is 10.2. The average molecular weight is 454 g/mol. The number of hydrogen-bond donors (Lipinski definition) is 0. The van der Waals surface area contributed by atoms with E-state index in [0.29, 0.717) is 23.0 Å². The molecular weight excluding hydrogens is 440 g/mol. The van der Waals surface area contributed by atoms with E-state index in [9.17, 15) is 4.79 Å². The molecule has 3 rings (SSSR count). The smallest absolute Gasteiger partial charge is 0.307 e. The van der Waals surface area contributed by atoms with Gasteiger partial charge in [-0.15, -0.1) is 11.8 Å². The van der Waals surface area contributed by atoms with E-state index in [1.165, 1.54) is 0 Å². The molecule has 1 aromatic heterocycles. The fraction of sp³-hybridized carbons (Fsp3) is 0.167. The molecule has 26 heavy (non-hydrogen) atoms. The van der Waals surface area contributed by atoms with Gasteiger partial charge in [-0.2, -0.15) is 4.98 Å². The largest absolute Gasteiger partial charge is 0.456 e. The molecule has 0 radical (unpaired) electrons. The van der Waals surface area contributed by atoms with Gasteiger partial charge in [-0.3, -0.25) is 4.79 Å². The van der Waals surface area contributed by atoms with Crippen LogP contribution in [0.15, 0.2) is 62.4 Å². The molecule has 0 bridgehead atoms. The van der Waals surface area contributed by atoms with Gasteiger partial charge in [0.1, 0.15) is 0 Å². The first-order valence-electron chi connectivity index (χ1n) is 7.73. The molecule has 0 spiro atoms. The Morgan fingerprint density at radius 3 is 2.81 bits per heavy atom. The second kappa shape index (κ2) is 9.21. The number of rotatable bonds is 7. The molecule has 0 unspecified atom stereocenters. The van der Waals surface area contributed by atoms with Crippen molar-refractivity contribution < 1.29 is 14.1 Å². The van der Waals surface area contributed by atoms with Gasteiger partial charge in [0, 0.05) is 25.7 Å². The third kappa shape index (κ3) is 5.59. The van der Waals surface area contributed by atoms with Crippen LogP contribution in [-0.2, 0) is 16.1 Å². The first-order valence-corrected chi connectivity index (χ1v) is 9.88. The fourth-order valence-corrected chi connectivity index (χ4v) is 3.34. The average Bonchev–Trinajstić information content (AvgIpc) is 3.11. The molecule has 134 valence electrons. The van der Waals surface area contributed by atoms with E-state index in [0.717, 1.165) is 14.9 Å². The van der Waals surface area contributed by atoms with Gasteiger partial charge in [-0.25, -0.2) is 0 Å². The lowest BCUT2D eigenvalue weighted by molar-refractivity contribution is -0.145. The Bertz CT molecular complexity index is 886. The highest BCUT2D eigenvalue weighted by Gasteiger charge is 2.11. The Kier molecular flexibility index (Phi) is 6.71. The van der Waals surface area contributed by atoms with Crippen LogP contribution in [0.2, 0.25) is 5.02 Å². The van der Waals surface area contributed by atoms with E-state index < -0.39 is 0 Å². The van der Waals surface area contributed by atoms with Gasteiger partial charge in [0.2, 0.25) is 5.82 Å². The summed E-state index contributed by atoms with van der Waals surface area (Å²) < 4.78 is 11.3. The summed E-state index contributed by atoms with van der Waals surface area (Å²) >= 11 is 10.9. The maximum atomic E-state index is 11.8. The second-order valence-electron chi connectivity index (χ2n) is 5.24. The van der Waals surface area contributed by atoms with E-state index >= 15 is 0 Å². The molecule has 0 fully saturated rings. The van der Waals surface area contributed by atoms with Crippen LogP contribution in [0.1, 0.15) is 12.3 Å². The highest BCUT2D eigenvalue weighted by Crippen LogP contribution is 2.22. The Morgan fingerprint density at radius 2 is 2.04 bits per heavy atom. The topological polar surface area (TPSA) is 65.2 Å². The molecule has 2 aromatic carbocycles. The Hall–Kier alpha value is -1.83. The first-order chi connectivity index (χ1) is 12.6. The highest BCUT2D eigenvalue weighted by molar-refractivity contribution is 9.10. The van der Waals surface area contributed by atoms with Gasteiger partial charge in [-0.05, 0) is 36.4 Å². The molecule has 0 atom stereocenters. The van der Waals surface area contributed by atoms with Crippen LogP contribution in [0.3, 0.4) is 0 Å². The summed E-state index contributed by atoms with van der Waals surface area (Å²) in [5, 5.41) is 4.46. The van der Waals surface area contributed by atoms with Gasteiger partial charge in [0.05, 0.1) is 6.42 Å². The van der Waals surface area contributed by atoms with Crippen LogP contribution in [0.4, 0.5) is 0 Å². The van der Waals surface area contributed by atoms with Crippen LogP contribution < -0.4 is 0 Å². The zero-order chi connectivity index (χ0) is 18.4. The standard InChI is InChI=1S/C18H14BrClN2O3S/c19-13-4-6-15(7-5-13)26-9-8-17(23)24-11-16-21-18(22-25-16)12-2-1-3-14(20)10-12/h1-7,10H,8-9,11H2. The zero-order valence-corrected chi connectivity index (χ0v) is 16.7. The number of aromatic nitrogens is 2. The Morgan fingerprint density at radius 1 is 1.23 bits per heavy atom. The molecule has 3 aromatic rings. The van der Waals surface area contributed by atoms with Crippen molar-refractivity contribution in [3.63, 3.8) is 0 Å². The SMILES string of the molecule is O=C(CCSc1ccc(Br)cc1)OCc1nc(-c2cccc(Cl)c2)no1. The van der Waals surface area contributed by atoms with Gasteiger partial charge < -0.3 is 9.26 Å². The van der Waals surface area contributed by atoms with Gasteiger partial charge in [0.15, 0.2) is 6.61 Å². The van der Waals surface area contributed by atoms with Crippen molar-refractivity contribution in [2.24, 2.45) is 0 Å². The lowest BCUT2D eigenvalue weighted by Gasteiger charge is -2.02. The van der Waals surface area contributed by atoms with Gasteiger partial charge >= 0.3 is 5.97 Å². The number of thioether (sulfide) groups is 1. The van der Waals surface area contributed by atoms with Crippen LogP contribution in [0, 0.1) is 0 Å². The molecule has 0 aliphatic carbocycles. The van der Waals surface area contributed by atoms with E-state index in [1.54, 1.807) is 30.0 Å². The molecule has 0 N–H and O–H groups in total. The Balaban J connectivity index is 1.44. The van der Waals surface area contributed by atoms with Crippen molar-refractivity contribution in [3.8, 4) is 11.4 Å². The summed E-state index contributed by atoms with van der Waals surface area (Å²) in [6, 6.07) is 15.1. The number of nitrogens with zero attached hydrogens (tertiary/aromatic N) is 2. The van der Waals surface area contributed by atoms with Crippen LogP contribution in [0.25, 0.3) is 11.4 Å². The number of hydrogen-bond acceptors (Lipinski definition) is 6. The molecule has 0 saturated carbocycles. The second-order valence-corrected chi connectivity index (χ2v) is 7.76. The monoisotopic (exact) mass is 452 g/mol. The molecule has 5 nitrogen and oxygen atoms in total. The molecule has 8 heteroatoms. The predicted molar refractivity (Wildman–Crippen MR) is 104 cm³/mol. The third-order valence-electron chi connectivity index (χ3n) is 3.30. The number of benzene rings is 2. The minimum atomic E-state index is -0.308. The van der Waals surface area contributed by atoms with E-state index in [4.69, 9.17) is 20.9 Å². The third-order valence-corrected chi connectivity index (χ3v) is 5.07. The first kappa shape index (κ1) is 18.9. The quantitative estimate of drug-likeness (QED) is 0.353. The molecule has 0 amide bonds. The van der Waals surface area contributed by atoms with Crippen LogP contribution in [-0.4, -0.2) is 21.9 Å². The minimum absolute atomic E-state index is 0.0463. The zero-order valence-electron chi connectivity index (χ0n) is 13.5. The summed E-state index contributed by atoms with van der Waals surface area (Å²) in [7, 11) is 0. The highest BCUT2D eigenvalue weighted by atomic mass is 79.9. The number of ether oxygens (including phenoxy) is 1. The number of carbonyl (C=O) groups is 1. The maximum Gasteiger partial charge on any atom is 0.307 e. The summed E-state index contributed by atoms with van der Waals surface area (Å²) in [5.41, 5.74) is 0.740. The molecular formula is C18H14BrClN2O3S. The van der Waals surface area contributed by atoms with Crippen molar-refractivity contribution in [3.05, 3.63) is 63.9 Å². The van der Waals surface area contributed by atoms with Gasteiger partial charge in [0.25, 0.3) is 5.89 Å². The van der Waals surface area contributed by atoms with E-state index in [2.05, 4.69) is 26.1 Å². The molecule has 0 saturated heterocycles. The van der Waals surface area contributed by atoms with Crippen molar-refractivity contribution in [1.82, 2.24) is 10.1 Å². The van der Waals surface area contributed by atoms with Crippen LogP contribution >= 0.6 is 39.3 Å². The van der Waals surface area contributed by atoms with Crippen molar-refractivity contribution in [2.45, 2.75) is 17.9 Å². The van der Waals surface area contributed by atoms with Crippen LogP contribution in [0.5, 0.6) is 0 Å². The number of esters is 1. The normalized spacial score (nSPS) is 10.7. The van der Waals surface area contributed by atoms with Crippen molar-refractivity contribution >= 4 is 45.3 Å².